The number of fused-ring (bicyclic) bond motifs is 9. The molecule has 0 heterocycles. The van der Waals surface area contributed by atoms with Crippen LogP contribution in [-0.2, 0) is 10.8 Å². The Morgan fingerprint density at radius 1 is 0.274 bits per heavy atom. The van der Waals surface area contributed by atoms with Crippen molar-refractivity contribution in [2.75, 3.05) is 0 Å². The van der Waals surface area contributed by atoms with Crippen LogP contribution in [0.2, 0.25) is 0 Å². The van der Waals surface area contributed by atoms with Crippen LogP contribution in [-0.4, -0.2) is 0 Å². The third-order valence-electron chi connectivity index (χ3n) is 15.6. The van der Waals surface area contributed by atoms with Crippen LogP contribution in [0.1, 0.15) is 75.6 Å². The lowest BCUT2D eigenvalue weighted by molar-refractivity contribution is 0.490. The molecule has 298 valence electrons. The normalized spacial score (nSPS) is 14.3. The molecule has 9 aromatic rings. The number of rotatable bonds is 8. The highest BCUT2D eigenvalue weighted by molar-refractivity contribution is 6.23. The first-order valence-corrected chi connectivity index (χ1v) is 22.9. The molecule has 0 spiro atoms. The van der Waals surface area contributed by atoms with Gasteiger partial charge in [0.05, 0.1) is 0 Å². The maximum absolute atomic E-state index is 2.56. The second-order valence-corrected chi connectivity index (χ2v) is 17.9. The van der Waals surface area contributed by atoms with Gasteiger partial charge in [-0.3, -0.25) is 0 Å². The molecule has 0 radical (unpaired) electrons. The van der Waals surface area contributed by atoms with E-state index in [2.05, 4.69) is 210 Å². The summed E-state index contributed by atoms with van der Waals surface area (Å²) in [5.74, 6) is 0. The van der Waals surface area contributed by atoms with Crippen molar-refractivity contribution in [3.63, 3.8) is 0 Å². The molecule has 62 heavy (non-hydrogen) atoms. The lowest BCUT2D eigenvalue weighted by Gasteiger charge is -2.31. The van der Waals surface area contributed by atoms with Gasteiger partial charge in [-0.25, -0.2) is 0 Å². The summed E-state index contributed by atoms with van der Waals surface area (Å²) < 4.78 is 0. The SMILES string of the molecule is CCC1(CC)c2ccccc2-c2ccc(-c3ccc4c(c3)C(CC)(CC)c3cc(-c5ccc6c7c(cccc57)-c5c(-c7ccccc7)ccc(-c7ccccc7)c5-6)ccc3-4)cc21. The van der Waals surface area contributed by atoms with Crippen molar-refractivity contribution in [2.24, 2.45) is 0 Å². The van der Waals surface area contributed by atoms with Crippen molar-refractivity contribution >= 4 is 10.8 Å². The van der Waals surface area contributed by atoms with Gasteiger partial charge in [-0.2, -0.15) is 0 Å². The highest BCUT2D eigenvalue weighted by atomic mass is 14.5. The van der Waals surface area contributed by atoms with E-state index in [0.29, 0.717) is 0 Å². The molecule has 3 aliphatic carbocycles. The summed E-state index contributed by atoms with van der Waals surface area (Å²) in [6.07, 6.45) is 4.30. The van der Waals surface area contributed by atoms with Crippen molar-refractivity contribution in [1.29, 1.82) is 0 Å². The average molecular weight is 795 g/mol. The lowest BCUT2D eigenvalue weighted by atomic mass is 9.72. The summed E-state index contributed by atoms with van der Waals surface area (Å²) in [6.45, 7) is 9.53. The zero-order valence-electron chi connectivity index (χ0n) is 36.1. The largest absolute Gasteiger partial charge is 0.0642 e. The molecular weight excluding hydrogens is 745 g/mol. The lowest BCUT2D eigenvalue weighted by Crippen LogP contribution is -2.23. The molecular formula is C62H50. The van der Waals surface area contributed by atoms with E-state index >= 15 is 0 Å². The van der Waals surface area contributed by atoms with E-state index < -0.39 is 0 Å². The smallest absolute Gasteiger partial charge is 0.0210 e. The predicted octanol–water partition coefficient (Wildman–Crippen LogP) is 17.3. The van der Waals surface area contributed by atoms with Crippen LogP contribution in [0, 0.1) is 0 Å². The van der Waals surface area contributed by atoms with Crippen LogP contribution < -0.4 is 0 Å². The first-order valence-electron chi connectivity index (χ1n) is 22.9. The molecule has 0 heteroatoms. The minimum Gasteiger partial charge on any atom is -0.0642 e. The first-order chi connectivity index (χ1) is 30.5. The third-order valence-corrected chi connectivity index (χ3v) is 15.6. The quantitative estimate of drug-likeness (QED) is 0.144. The Balaban J connectivity index is 0.986. The number of hydrogen-bond acceptors (Lipinski definition) is 0. The second-order valence-electron chi connectivity index (χ2n) is 17.9. The van der Waals surface area contributed by atoms with E-state index in [1.807, 2.05) is 0 Å². The maximum atomic E-state index is 2.56. The van der Waals surface area contributed by atoms with E-state index in [-0.39, 0.29) is 10.8 Å². The van der Waals surface area contributed by atoms with Crippen LogP contribution in [0.25, 0.3) is 99.8 Å². The number of benzene rings is 9. The van der Waals surface area contributed by atoms with Crippen LogP contribution in [0.15, 0.2) is 182 Å². The van der Waals surface area contributed by atoms with E-state index in [0.717, 1.165) is 25.7 Å². The molecule has 0 saturated heterocycles. The van der Waals surface area contributed by atoms with Gasteiger partial charge >= 0.3 is 0 Å². The van der Waals surface area contributed by atoms with E-state index in [1.165, 1.54) is 122 Å². The van der Waals surface area contributed by atoms with Gasteiger partial charge < -0.3 is 0 Å². The van der Waals surface area contributed by atoms with Crippen molar-refractivity contribution < 1.29 is 0 Å². The zero-order chi connectivity index (χ0) is 41.7. The van der Waals surface area contributed by atoms with E-state index in [1.54, 1.807) is 0 Å². The Bertz CT molecular complexity index is 3190. The molecule has 9 aromatic carbocycles. The van der Waals surface area contributed by atoms with Crippen molar-refractivity contribution in [3.05, 3.63) is 204 Å². The van der Waals surface area contributed by atoms with E-state index in [9.17, 15) is 0 Å². The molecule has 0 N–H and O–H groups in total. The molecule has 0 saturated carbocycles. The molecule has 0 nitrogen and oxygen atoms in total. The van der Waals surface area contributed by atoms with Crippen molar-refractivity contribution in [1.82, 2.24) is 0 Å². The van der Waals surface area contributed by atoms with Gasteiger partial charge in [-0.1, -0.05) is 191 Å². The van der Waals surface area contributed by atoms with Gasteiger partial charge in [0.15, 0.2) is 0 Å². The minimum absolute atomic E-state index is 0.0572. The van der Waals surface area contributed by atoms with Crippen LogP contribution >= 0.6 is 0 Å². The predicted molar refractivity (Wildman–Crippen MR) is 264 cm³/mol. The molecule has 3 aliphatic rings. The van der Waals surface area contributed by atoms with Gasteiger partial charge in [-0.15, -0.1) is 0 Å². The summed E-state index contributed by atoms with van der Waals surface area (Å²) in [6, 6.07) is 69.5. The van der Waals surface area contributed by atoms with Gasteiger partial charge in [0.2, 0.25) is 0 Å². The summed E-state index contributed by atoms with van der Waals surface area (Å²) in [5.41, 5.74) is 27.2. The molecule has 0 aromatic heterocycles. The number of hydrogen-bond donors (Lipinski definition) is 0. The van der Waals surface area contributed by atoms with Crippen LogP contribution in [0.4, 0.5) is 0 Å². The van der Waals surface area contributed by atoms with Gasteiger partial charge in [0, 0.05) is 10.8 Å². The Morgan fingerprint density at radius 3 is 1.21 bits per heavy atom. The topological polar surface area (TPSA) is 0 Å². The molecule has 0 bridgehead atoms. The maximum Gasteiger partial charge on any atom is 0.0210 e. The molecule has 12 rings (SSSR count). The second kappa shape index (κ2) is 13.9. The Kier molecular flexibility index (Phi) is 8.29. The summed E-state index contributed by atoms with van der Waals surface area (Å²) >= 11 is 0. The monoisotopic (exact) mass is 794 g/mol. The van der Waals surface area contributed by atoms with Gasteiger partial charge in [0.1, 0.15) is 0 Å². The highest BCUT2D eigenvalue weighted by Crippen LogP contribution is 2.58. The Morgan fingerprint density at radius 2 is 0.661 bits per heavy atom. The summed E-state index contributed by atoms with van der Waals surface area (Å²) in [5, 5.41) is 2.68. The fourth-order valence-electron chi connectivity index (χ4n) is 12.5. The first kappa shape index (κ1) is 37.0. The Labute approximate surface area is 366 Å². The molecule has 0 atom stereocenters. The molecule has 0 aliphatic heterocycles. The molecule has 0 fully saturated rings. The fraction of sp³-hybridized carbons (Fsp3) is 0.161. The van der Waals surface area contributed by atoms with Gasteiger partial charge in [0.25, 0.3) is 0 Å². The van der Waals surface area contributed by atoms with Crippen LogP contribution in [0.3, 0.4) is 0 Å². The summed E-state index contributed by atoms with van der Waals surface area (Å²) in [7, 11) is 0. The third kappa shape index (κ3) is 4.95. The van der Waals surface area contributed by atoms with Crippen molar-refractivity contribution in [2.45, 2.75) is 64.2 Å². The zero-order valence-corrected chi connectivity index (χ0v) is 36.1. The molecule has 0 unspecified atom stereocenters. The minimum atomic E-state index is -0.0689. The average Bonchev–Trinajstić information content (AvgIpc) is 3.94. The fourth-order valence-corrected chi connectivity index (χ4v) is 12.5. The standard InChI is InChI=1S/C62H50/c1-5-61(6-2)54-25-16-15-22-47(54)48-29-26-41(36-55(48)61)42-27-30-49-50-31-28-43(38-57(50)62(7-3,8-4)56(49)37-42)44-32-35-53-58-51(44)23-17-24-52(58)59-45(39-18-11-9-12-19-39)33-34-46(60(53)59)40-20-13-10-14-21-40/h9-38H,5-8H2,1-4H3. The highest BCUT2D eigenvalue weighted by Gasteiger charge is 2.43. The van der Waals surface area contributed by atoms with Crippen molar-refractivity contribution in [3.8, 4) is 89.0 Å². The summed E-state index contributed by atoms with van der Waals surface area (Å²) in [4.78, 5) is 0. The van der Waals surface area contributed by atoms with E-state index in [4.69, 9.17) is 0 Å². The van der Waals surface area contributed by atoms with Crippen LogP contribution in [0.5, 0.6) is 0 Å². The van der Waals surface area contributed by atoms with Gasteiger partial charge in [-0.05, 0) is 166 Å². The molecule has 0 amide bonds. The Hall–Kier alpha value is -6.76.